The van der Waals surface area contributed by atoms with Crippen LogP contribution >= 0.6 is 11.6 Å². The summed E-state index contributed by atoms with van der Waals surface area (Å²) < 4.78 is 16.2. The molecule has 4 heterocycles. The van der Waals surface area contributed by atoms with Crippen LogP contribution in [-0.4, -0.2) is 39.7 Å². The third-order valence-electron chi connectivity index (χ3n) is 5.95. The summed E-state index contributed by atoms with van der Waals surface area (Å²) >= 11 is 5.86. The van der Waals surface area contributed by atoms with Crippen LogP contribution in [0, 0.1) is 11.7 Å². The molecule has 1 saturated heterocycles. The third-order valence-corrected chi connectivity index (χ3v) is 6.18. The molecular formula is C20H22ClFN6. The SMILES string of the molecule is CN1NC(C2CCN(Cc3ccc(Cl)cc3F)CC2)c2c3ccnc-3ncn21. The minimum absolute atomic E-state index is 0.224. The van der Waals surface area contributed by atoms with E-state index in [1.165, 1.54) is 11.8 Å². The van der Waals surface area contributed by atoms with E-state index in [9.17, 15) is 4.39 Å². The highest BCUT2D eigenvalue weighted by Crippen LogP contribution is 2.38. The summed E-state index contributed by atoms with van der Waals surface area (Å²) in [6, 6.07) is 7.21. The van der Waals surface area contributed by atoms with Gasteiger partial charge in [-0.3, -0.25) is 4.90 Å². The topological polar surface area (TPSA) is 49.2 Å². The van der Waals surface area contributed by atoms with E-state index in [-0.39, 0.29) is 11.9 Å². The summed E-state index contributed by atoms with van der Waals surface area (Å²) in [5.74, 6) is 1.07. The number of likely N-dealkylation sites (tertiary alicyclic amines) is 1. The van der Waals surface area contributed by atoms with Crippen molar-refractivity contribution in [1.82, 2.24) is 25.0 Å². The van der Waals surface area contributed by atoms with E-state index in [1.807, 2.05) is 30.8 Å². The third kappa shape index (κ3) is 3.03. The molecule has 4 aliphatic rings. The van der Waals surface area contributed by atoms with Gasteiger partial charge in [0.05, 0.1) is 11.7 Å². The molecule has 1 fully saturated rings. The molecular weight excluding hydrogens is 379 g/mol. The average molecular weight is 401 g/mol. The van der Waals surface area contributed by atoms with Gasteiger partial charge in [0, 0.05) is 35.9 Å². The molecule has 4 aliphatic heterocycles. The van der Waals surface area contributed by atoms with Gasteiger partial charge in [-0.25, -0.2) is 29.6 Å². The Morgan fingerprint density at radius 3 is 2.82 bits per heavy atom. The van der Waals surface area contributed by atoms with Crippen molar-refractivity contribution in [3.8, 4) is 11.4 Å². The minimum Gasteiger partial charge on any atom is -0.299 e. The van der Waals surface area contributed by atoms with Gasteiger partial charge in [0.1, 0.15) is 12.1 Å². The lowest BCUT2D eigenvalue weighted by molar-refractivity contribution is 0.154. The lowest BCUT2D eigenvalue weighted by Gasteiger charge is -2.35. The molecule has 0 saturated carbocycles. The van der Waals surface area contributed by atoms with Gasteiger partial charge in [-0.1, -0.05) is 17.7 Å². The maximum absolute atomic E-state index is 14.1. The molecule has 0 radical (unpaired) electrons. The molecule has 1 aromatic carbocycles. The smallest absolute Gasteiger partial charge is 0.162 e. The molecule has 0 aromatic heterocycles. The molecule has 0 bridgehead atoms. The van der Waals surface area contributed by atoms with Gasteiger partial charge < -0.3 is 0 Å². The number of nitrogens with zero attached hydrogens (tertiary/aromatic N) is 5. The Balaban J connectivity index is 1.30. The van der Waals surface area contributed by atoms with Crippen LogP contribution in [0.2, 0.25) is 5.02 Å². The Hall–Kier alpha value is -2.22. The fourth-order valence-electron chi connectivity index (χ4n) is 4.46. The maximum atomic E-state index is 14.1. The summed E-state index contributed by atoms with van der Waals surface area (Å²) in [5.41, 5.74) is 6.63. The number of nitrogens with one attached hydrogen (secondary N) is 1. The van der Waals surface area contributed by atoms with E-state index in [4.69, 9.17) is 11.6 Å². The maximum Gasteiger partial charge on any atom is 0.162 e. The van der Waals surface area contributed by atoms with E-state index in [0.717, 1.165) is 37.3 Å². The highest BCUT2D eigenvalue weighted by atomic mass is 35.5. The summed E-state index contributed by atoms with van der Waals surface area (Å²) in [4.78, 5) is 11.1. The normalized spacial score (nSPS) is 20.8. The van der Waals surface area contributed by atoms with Gasteiger partial charge in [-0.2, -0.15) is 0 Å². The van der Waals surface area contributed by atoms with Crippen molar-refractivity contribution in [1.29, 1.82) is 0 Å². The van der Waals surface area contributed by atoms with Crippen molar-refractivity contribution in [2.24, 2.45) is 5.92 Å². The Morgan fingerprint density at radius 2 is 2.04 bits per heavy atom. The molecule has 0 spiro atoms. The van der Waals surface area contributed by atoms with Crippen LogP contribution in [0.1, 0.15) is 30.1 Å². The second kappa shape index (κ2) is 6.99. The number of benzene rings is 1. The van der Waals surface area contributed by atoms with E-state index in [1.54, 1.807) is 12.1 Å². The first kappa shape index (κ1) is 17.8. The quantitative estimate of drug-likeness (QED) is 0.731. The highest BCUT2D eigenvalue weighted by Gasteiger charge is 2.37. The van der Waals surface area contributed by atoms with Gasteiger partial charge in [0.25, 0.3) is 0 Å². The largest absolute Gasteiger partial charge is 0.299 e. The van der Waals surface area contributed by atoms with Crippen LogP contribution < -0.4 is 10.5 Å². The number of aromatic nitrogens is 3. The van der Waals surface area contributed by atoms with Gasteiger partial charge in [0.2, 0.25) is 0 Å². The number of hydrogen-bond acceptors (Lipinski definition) is 5. The van der Waals surface area contributed by atoms with E-state index in [0.29, 0.717) is 23.0 Å². The molecule has 1 atom stereocenters. The molecule has 146 valence electrons. The van der Waals surface area contributed by atoms with Crippen molar-refractivity contribution in [3.05, 3.63) is 58.9 Å². The first-order chi connectivity index (χ1) is 13.6. The second-order valence-corrected chi connectivity index (χ2v) is 8.07. The highest BCUT2D eigenvalue weighted by molar-refractivity contribution is 6.30. The summed E-state index contributed by atoms with van der Waals surface area (Å²) in [5, 5.41) is 2.44. The van der Waals surface area contributed by atoms with Crippen LogP contribution in [0.3, 0.4) is 0 Å². The Labute approximate surface area is 168 Å². The number of hydrogen-bond donors (Lipinski definition) is 1. The Kier molecular flexibility index (Phi) is 4.45. The van der Waals surface area contributed by atoms with E-state index >= 15 is 0 Å². The fourth-order valence-corrected chi connectivity index (χ4v) is 4.62. The number of fused-ring (bicyclic) bond motifs is 3. The van der Waals surface area contributed by atoms with E-state index < -0.39 is 0 Å². The molecule has 0 aliphatic carbocycles. The first-order valence-corrected chi connectivity index (χ1v) is 9.96. The Bertz CT molecular complexity index is 967. The van der Waals surface area contributed by atoms with Gasteiger partial charge in [-0.05, 0) is 50.0 Å². The summed E-state index contributed by atoms with van der Waals surface area (Å²) in [7, 11) is 2.01. The number of rotatable bonds is 3. The van der Waals surface area contributed by atoms with Gasteiger partial charge in [-0.15, -0.1) is 0 Å². The van der Waals surface area contributed by atoms with Gasteiger partial charge in [0.15, 0.2) is 5.82 Å². The zero-order valence-electron chi connectivity index (χ0n) is 15.6. The first-order valence-electron chi connectivity index (χ1n) is 9.58. The van der Waals surface area contributed by atoms with Crippen molar-refractivity contribution in [2.45, 2.75) is 25.4 Å². The lowest BCUT2D eigenvalue weighted by Crippen LogP contribution is -2.41. The number of hydrazine groups is 1. The van der Waals surface area contributed by atoms with Crippen LogP contribution in [0.25, 0.3) is 11.4 Å². The van der Waals surface area contributed by atoms with Crippen LogP contribution in [0.5, 0.6) is 0 Å². The lowest BCUT2D eigenvalue weighted by atomic mass is 9.86. The fraction of sp³-hybridized carbons (Fsp3) is 0.400. The molecule has 1 aromatic rings. The molecule has 1 unspecified atom stereocenters. The predicted molar refractivity (Wildman–Crippen MR) is 106 cm³/mol. The molecule has 1 N–H and O–H groups in total. The summed E-state index contributed by atoms with van der Waals surface area (Å²) in [6.07, 6.45) is 5.75. The standard InChI is InChI=1S/C20H22ClFN6/c1-26-25-18(19-16-4-7-23-20(16)24-12-28(19)26)13-5-8-27(9-6-13)11-14-2-3-15(21)10-17(14)22/h2-4,7,10,12-13,18,25H,5-6,8-9,11H2,1H3. The zero-order valence-corrected chi connectivity index (χ0v) is 16.4. The molecule has 28 heavy (non-hydrogen) atoms. The van der Waals surface area contributed by atoms with Crippen molar-refractivity contribution in [3.63, 3.8) is 0 Å². The van der Waals surface area contributed by atoms with Crippen LogP contribution in [-0.2, 0) is 6.54 Å². The van der Waals surface area contributed by atoms with Crippen molar-refractivity contribution >= 4 is 11.6 Å². The summed E-state index contributed by atoms with van der Waals surface area (Å²) in [6.45, 7) is 2.52. The second-order valence-electron chi connectivity index (χ2n) is 7.64. The number of halogens is 2. The predicted octanol–water partition coefficient (Wildman–Crippen LogP) is 3.21. The van der Waals surface area contributed by atoms with Crippen molar-refractivity contribution < 1.29 is 4.39 Å². The van der Waals surface area contributed by atoms with E-state index in [2.05, 4.69) is 25.0 Å². The zero-order chi connectivity index (χ0) is 19.3. The molecule has 8 heteroatoms. The van der Waals surface area contributed by atoms with Crippen molar-refractivity contribution in [2.75, 3.05) is 25.3 Å². The number of piperidine rings is 1. The molecule has 6 nitrogen and oxygen atoms in total. The van der Waals surface area contributed by atoms with Crippen LogP contribution in [0.4, 0.5) is 4.39 Å². The minimum atomic E-state index is -0.224. The Morgan fingerprint density at radius 1 is 1.21 bits per heavy atom. The monoisotopic (exact) mass is 400 g/mol. The molecule has 0 amide bonds. The van der Waals surface area contributed by atoms with Gasteiger partial charge >= 0.3 is 0 Å². The van der Waals surface area contributed by atoms with Crippen LogP contribution in [0.15, 0.2) is 36.8 Å². The molecule has 5 rings (SSSR count). The average Bonchev–Trinajstić information content (AvgIpc) is 3.29.